The maximum Gasteiger partial charge on any atom is 0.150 e. The van der Waals surface area contributed by atoms with Crippen LogP contribution in [0, 0.1) is 5.92 Å². The first kappa shape index (κ1) is 12.1. The minimum atomic E-state index is -2.93. The van der Waals surface area contributed by atoms with E-state index in [9.17, 15) is 13.5 Å². The van der Waals surface area contributed by atoms with Crippen LogP contribution in [0.25, 0.3) is 0 Å². The van der Waals surface area contributed by atoms with Crippen molar-refractivity contribution in [1.82, 2.24) is 0 Å². The van der Waals surface area contributed by atoms with Crippen LogP contribution in [-0.2, 0) is 9.84 Å². The van der Waals surface area contributed by atoms with Gasteiger partial charge in [-0.15, -0.1) is 0 Å². The van der Waals surface area contributed by atoms with Gasteiger partial charge in [0.05, 0.1) is 17.6 Å². The Morgan fingerprint density at radius 3 is 2.44 bits per heavy atom. The molecule has 2 unspecified atom stereocenters. The van der Waals surface area contributed by atoms with Crippen molar-refractivity contribution in [3.8, 4) is 0 Å². The third-order valence-corrected chi connectivity index (χ3v) is 5.25. The van der Waals surface area contributed by atoms with Gasteiger partial charge >= 0.3 is 0 Å². The van der Waals surface area contributed by atoms with Crippen molar-refractivity contribution in [3.05, 3.63) is 34.3 Å². The number of aliphatic hydroxyl groups is 1. The predicted octanol–water partition coefficient (Wildman–Crippen LogP) is 1.92. The summed E-state index contributed by atoms with van der Waals surface area (Å²) in [6.07, 6.45) is -0.120. The molecule has 3 nitrogen and oxygen atoms in total. The molecule has 1 aliphatic rings. The van der Waals surface area contributed by atoms with E-state index in [2.05, 4.69) is 15.9 Å². The minimum Gasteiger partial charge on any atom is -0.388 e. The standard InChI is InChI=1S/C11H13BrO3S/c12-10-3-1-8(2-4-10)11(13)9-5-6-16(14,15)7-9/h1-4,9,11,13H,5-7H2. The second kappa shape index (κ2) is 4.47. The Labute approximate surface area is 104 Å². The largest absolute Gasteiger partial charge is 0.388 e. The fourth-order valence-corrected chi connectivity index (χ4v) is 4.10. The monoisotopic (exact) mass is 304 g/mol. The molecule has 1 heterocycles. The molecule has 2 rings (SSSR count). The van der Waals surface area contributed by atoms with Gasteiger partial charge in [0, 0.05) is 10.4 Å². The molecule has 0 spiro atoms. The Kier molecular flexibility index (Phi) is 3.37. The first-order chi connectivity index (χ1) is 7.48. The van der Waals surface area contributed by atoms with Gasteiger partial charge in [-0.05, 0) is 24.1 Å². The highest BCUT2D eigenvalue weighted by Crippen LogP contribution is 2.31. The summed E-state index contributed by atoms with van der Waals surface area (Å²) in [5, 5.41) is 10.1. The summed E-state index contributed by atoms with van der Waals surface area (Å²) in [5.41, 5.74) is 0.783. The molecule has 5 heteroatoms. The van der Waals surface area contributed by atoms with Gasteiger partial charge in [-0.1, -0.05) is 28.1 Å². The summed E-state index contributed by atoms with van der Waals surface area (Å²) in [4.78, 5) is 0. The summed E-state index contributed by atoms with van der Waals surface area (Å²) in [6, 6.07) is 7.34. The van der Waals surface area contributed by atoms with E-state index in [1.807, 2.05) is 24.3 Å². The molecule has 1 fully saturated rings. The first-order valence-electron chi connectivity index (χ1n) is 5.12. The number of benzene rings is 1. The Hall–Kier alpha value is -0.390. The Morgan fingerprint density at radius 1 is 1.31 bits per heavy atom. The van der Waals surface area contributed by atoms with Crippen molar-refractivity contribution >= 4 is 25.8 Å². The third kappa shape index (κ3) is 2.64. The summed E-state index contributed by atoms with van der Waals surface area (Å²) in [6.45, 7) is 0. The SMILES string of the molecule is O=S1(=O)CCC(C(O)c2ccc(Br)cc2)C1. The fourth-order valence-electron chi connectivity index (χ4n) is 2.00. The van der Waals surface area contributed by atoms with Crippen molar-refractivity contribution in [3.63, 3.8) is 0 Å². The maximum absolute atomic E-state index is 11.3. The number of hydrogen-bond acceptors (Lipinski definition) is 3. The van der Waals surface area contributed by atoms with Gasteiger partial charge < -0.3 is 5.11 Å². The van der Waals surface area contributed by atoms with Gasteiger partial charge in [0.1, 0.15) is 0 Å². The van der Waals surface area contributed by atoms with Crippen LogP contribution in [0.15, 0.2) is 28.7 Å². The Morgan fingerprint density at radius 2 is 1.94 bits per heavy atom. The van der Waals surface area contributed by atoms with E-state index in [1.54, 1.807) is 0 Å². The van der Waals surface area contributed by atoms with Crippen LogP contribution in [0.2, 0.25) is 0 Å². The minimum absolute atomic E-state index is 0.101. The van der Waals surface area contributed by atoms with Crippen molar-refractivity contribution in [2.75, 3.05) is 11.5 Å². The molecular weight excluding hydrogens is 292 g/mol. The number of rotatable bonds is 2. The van der Waals surface area contributed by atoms with E-state index in [0.29, 0.717) is 6.42 Å². The lowest BCUT2D eigenvalue weighted by molar-refractivity contribution is 0.121. The lowest BCUT2D eigenvalue weighted by Crippen LogP contribution is -2.14. The van der Waals surface area contributed by atoms with Crippen molar-refractivity contribution in [1.29, 1.82) is 0 Å². The summed E-state index contributed by atoms with van der Waals surface area (Å²) >= 11 is 3.32. The average Bonchev–Trinajstić information content (AvgIpc) is 2.59. The van der Waals surface area contributed by atoms with Crippen LogP contribution in [-0.4, -0.2) is 25.0 Å². The zero-order valence-corrected chi connectivity index (χ0v) is 11.0. The summed E-state index contributed by atoms with van der Waals surface area (Å²) < 4.78 is 23.6. The number of sulfone groups is 1. The van der Waals surface area contributed by atoms with Gasteiger partial charge in [0.2, 0.25) is 0 Å². The quantitative estimate of drug-likeness (QED) is 0.908. The average molecular weight is 305 g/mol. The van der Waals surface area contributed by atoms with E-state index in [4.69, 9.17) is 0 Å². The molecule has 88 valence electrons. The molecule has 1 N–H and O–H groups in total. The molecule has 1 aliphatic heterocycles. The second-order valence-corrected chi connectivity index (χ2v) is 7.30. The number of halogens is 1. The molecule has 0 bridgehead atoms. The van der Waals surface area contributed by atoms with Crippen molar-refractivity contribution in [2.45, 2.75) is 12.5 Å². The van der Waals surface area contributed by atoms with E-state index in [-0.39, 0.29) is 17.4 Å². The molecule has 0 aromatic heterocycles. The van der Waals surface area contributed by atoms with E-state index in [1.165, 1.54) is 0 Å². The number of hydrogen-bond donors (Lipinski definition) is 1. The maximum atomic E-state index is 11.3. The Balaban J connectivity index is 2.14. The molecule has 0 amide bonds. The normalized spacial score (nSPS) is 25.5. The van der Waals surface area contributed by atoms with Crippen LogP contribution in [0.3, 0.4) is 0 Å². The molecule has 16 heavy (non-hydrogen) atoms. The van der Waals surface area contributed by atoms with Gasteiger partial charge in [-0.25, -0.2) is 8.42 Å². The molecule has 2 atom stereocenters. The molecular formula is C11H13BrO3S. The van der Waals surface area contributed by atoms with Gasteiger partial charge in [0.15, 0.2) is 9.84 Å². The van der Waals surface area contributed by atoms with Gasteiger partial charge in [0.25, 0.3) is 0 Å². The molecule has 1 saturated heterocycles. The van der Waals surface area contributed by atoms with Crippen LogP contribution < -0.4 is 0 Å². The van der Waals surface area contributed by atoms with Crippen LogP contribution >= 0.6 is 15.9 Å². The van der Waals surface area contributed by atoms with Crippen molar-refractivity contribution < 1.29 is 13.5 Å². The number of aliphatic hydroxyl groups excluding tert-OH is 1. The van der Waals surface area contributed by atoms with Gasteiger partial charge in [-0.2, -0.15) is 0 Å². The molecule has 1 aromatic rings. The fraction of sp³-hybridized carbons (Fsp3) is 0.455. The van der Waals surface area contributed by atoms with Crippen LogP contribution in [0.4, 0.5) is 0 Å². The molecule has 0 saturated carbocycles. The zero-order valence-electron chi connectivity index (χ0n) is 8.64. The van der Waals surface area contributed by atoms with E-state index >= 15 is 0 Å². The first-order valence-corrected chi connectivity index (χ1v) is 7.73. The van der Waals surface area contributed by atoms with E-state index in [0.717, 1.165) is 10.0 Å². The van der Waals surface area contributed by atoms with Crippen molar-refractivity contribution in [2.24, 2.45) is 5.92 Å². The zero-order chi connectivity index (χ0) is 11.8. The second-order valence-electron chi connectivity index (χ2n) is 4.16. The highest BCUT2D eigenvalue weighted by atomic mass is 79.9. The summed E-state index contributed by atoms with van der Waals surface area (Å²) in [7, 11) is -2.93. The molecule has 0 radical (unpaired) electrons. The topological polar surface area (TPSA) is 54.4 Å². The highest BCUT2D eigenvalue weighted by Gasteiger charge is 2.33. The highest BCUT2D eigenvalue weighted by molar-refractivity contribution is 9.10. The lowest BCUT2D eigenvalue weighted by atomic mass is 9.95. The predicted molar refractivity (Wildman–Crippen MR) is 65.9 cm³/mol. The van der Waals surface area contributed by atoms with Crippen LogP contribution in [0.1, 0.15) is 18.1 Å². The van der Waals surface area contributed by atoms with Gasteiger partial charge in [-0.3, -0.25) is 0 Å². The summed E-state index contributed by atoms with van der Waals surface area (Å²) in [5.74, 6) is 0.140. The lowest BCUT2D eigenvalue weighted by Gasteiger charge is -2.16. The Bertz CT molecular complexity index is 467. The molecule has 0 aliphatic carbocycles. The molecule has 1 aromatic carbocycles. The third-order valence-electron chi connectivity index (χ3n) is 2.93. The smallest absolute Gasteiger partial charge is 0.150 e. The van der Waals surface area contributed by atoms with E-state index < -0.39 is 15.9 Å². The van der Waals surface area contributed by atoms with Crippen LogP contribution in [0.5, 0.6) is 0 Å².